The van der Waals surface area contributed by atoms with Gasteiger partial charge in [0.25, 0.3) is 5.69 Å². The van der Waals surface area contributed by atoms with Crippen molar-refractivity contribution in [1.82, 2.24) is 0 Å². The number of hydrogen-bond donors (Lipinski definition) is 1. The van der Waals surface area contributed by atoms with Crippen LogP contribution in [0.2, 0.25) is 0 Å². The molecule has 98 valence electrons. The number of nitro benzene ring substituents is 1. The highest BCUT2D eigenvalue weighted by molar-refractivity contribution is 9.10. The first-order chi connectivity index (χ1) is 8.66. The monoisotopic (exact) mass is 314 g/mol. The minimum absolute atomic E-state index is 0.106. The van der Waals surface area contributed by atoms with Crippen LogP contribution in [0.4, 0.5) is 11.4 Å². The van der Waals surface area contributed by atoms with Crippen molar-refractivity contribution >= 4 is 27.3 Å². The number of hydrogen-bond acceptors (Lipinski definition) is 4. The zero-order valence-corrected chi connectivity index (χ0v) is 11.5. The summed E-state index contributed by atoms with van der Waals surface area (Å²) in [5.74, 6) is 0.428. The fraction of sp³-hybridized carbons (Fsp3) is 0.500. The molecule has 1 aliphatic rings. The summed E-state index contributed by atoms with van der Waals surface area (Å²) in [5, 5.41) is 14.1. The smallest absolute Gasteiger partial charge is 0.292 e. The summed E-state index contributed by atoms with van der Waals surface area (Å²) >= 11 is 3.32. The number of anilines is 1. The van der Waals surface area contributed by atoms with Crippen molar-refractivity contribution in [2.24, 2.45) is 5.92 Å². The summed E-state index contributed by atoms with van der Waals surface area (Å²) in [6.07, 6.45) is 2.17. The first-order valence-electron chi connectivity index (χ1n) is 5.92. The van der Waals surface area contributed by atoms with Crippen LogP contribution in [0.5, 0.6) is 0 Å². The number of rotatable bonds is 4. The van der Waals surface area contributed by atoms with Gasteiger partial charge in [0.2, 0.25) is 0 Å². The topological polar surface area (TPSA) is 64.4 Å². The Kier molecular flexibility index (Phi) is 4.54. The molecular weight excluding hydrogens is 300 g/mol. The summed E-state index contributed by atoms with van der Waals surface area (Å²) < 4.78 is 6.22. The van der Waals surface area contributed by atoms with Crippen molar-refractivity contribution in [2.45, 2.75) is 12.8 Å². The van der Waals surface area contributed by atoms with Gasteiger partial charge in [-0.15, -0.1) is 0 Å². The number of nitrogens with one attached hydrogen (secondary N) is 1. The lowest BCUT2D eigenvalue weighted by molar-refractivity contribution is -0.384. The largest absolute Gasteiger partial charge is 0.381 e. The van der Waals surface area contributed by atoms with E-state index in [2.05, 4.69) is 21.2 Å². The minimum atomic E-state index is -0.369. The van der Waals surface area contributed by atoms with Gasteiger partial charge in [-0.05, 0) is 30.9 Å². The van der Waals surface area contributed by atoms with Gasteiger partial charge in [-0.2, -0.15) is 0 Å². The molecule has 1 aromatic rings. The maximum absolute atomic E-state index is 10.9. The summed E-state index contributed by atoms with van der Waals surface area (Å²) in [5.41, 5.74) is 0.662. The van der Waals surface area contributed by atoms with Crippen molar-refractivity contribution in [3.63, 3.8) is 0 Å². The predicted molar refractivity (Wildman–Crippen MR) is 72.8 cm³/mol. The zero-order chi connectivity index (χ0) is 13.0. The number of nitro groups is 1. The molecule has 0 saturated carbocycles. The van der Waals surface area contributed by atoms with Crippen molar-refractivity contribution in [3.8, 4) is 0 Å². The van der Waals surface area contributed by atoms with E-state index in [0.717, 1.165) is 30.5 Å². The van der Waals surface area contributed by atoms with Crippen LogP contribution in [-0.4, -0.2) is 24.7 Å². The van der Waals surface area contributed by atoms with Gasteiger partial charge in [-0.25, -0.2) is 0 Å². The molecule has 1 aliphatic heterocycles. The number of benzene rings is 1. The molecule has 5 nitrogen and oxygen atoms in total. The van der Waals surface area contributed by atoms with E-state index in [1.807, 2.05) is 0 Å². The van der Waals surface area contributed by atoms with Gasteiger partial charge in [0, 0.05) is 23.7 Å². The normalized spacial score (nSPS) is 19.5. The average molecular weight is 315 g/mol. The average Bonchev–Trinajstić information content (AvgIpc) is 2.37. The highest BCUT2D eigenvalue weighted by Crippen LogP contribution is 2.28. The van der Waals surface area contributed by atoms with Gasteiger partial charge in [-0.1, -0.05) is 15.9 Å². The lowest BCUT2D eigenvalue weighted by Gasteiger charge is -2.22. The molecule has 1 aromatic carbocycles. The van der Waals surface area contributed by atoms with Crippen molar-refractivity contribution in [2.75, 3.05) is 25.1 Å². The molecular formula is C12H15BrN2O3. The van der Waals surface area contributed by atoms with Crippen LogP contribution in [0.15, 0.2) is 22.7 Å². The van der Waals surface area contributed by atoms with Crippen LogP contribution >= 0.6 is 15.9 Å². The zero-order valence-electron chi connectivity index (χ0n) is 9.89. The molecule has 1 N–H and O–H groups in total. The van der Waals surface area contributed by atoms with E-state index < -0.39 is 0 Å². The Morgan fingerprint density at radius 3 is 3.06 bits per heavy atom. The van der Waals surface area contributed by atoms with E-state index in [1.165, 1.54) is 6.07 Å². The van der Waals surface area contributed by atoms with Crippen LogP contribution in [0.3, 0.4) is 0 Å². The molecule has 0 aliphatic carbocycles. The molecule has 0 spiro atoms. The third-order valence-corrected chi connectivity index (χ3v) is 3.48. The van der Waals surface area contributed by atoms with E-state index >= 15 is 0 Å². The number of ether oxygens (including phenoxy) is 1. The predicted octanol–water partition coefficient (Wildman–Crippen LogP) is 3.20. The van der Waals surface area contributed by atoms with Gasteiger partial charge >= 0.3 is 0 Å². The maximum Gasteiger partial charge on any atom is 0.292 e. The van der Waals surface area contributed by atoms with E-state index in [4.69, 9.17) is 4.74 Å². The van der Waals surface area contributed by atoms with E-state index in [1.54, 1.807) is 12.1 Å². The molecule has 1 unspecified atom stereocenters. The second-order valence-electron chi connectivity index (χ2n) is 4.38. The molecule has 18 heavy (non-hydrogen) atoms. The molecule has 0 radical (unpaired) electrons. The van der Waals surface area contributed by atoms with Crippen LogP contribution in [-0.2, 0) is 4.74 Å². The molecule has 0 bridgehead atoms. The van der Waals surface area contributed by atoms with Gasteiger partial charge in [-0.3, -0.25) is 10.1 Å². The highest BCUT2D eigenvalue weighted by atomic mass is 79.9. The highest BCUT2D eigenvalue weighted by Gasteiger charge is 2.17. The minimum Gasteiger partial charge on any atom is -0.381 e. The summed E-state index contributed by atoms with van der Waals surface area (Å²) in [7, 11) is 0. The molecule has 1 saturated heterocycles. The third kappa shape index (κ3) is 3.43. The first kappa shape index (κ1) is 13.3. The van der Waals surface area contributed by atoms with E-state index in [9.17, 15) is 10.1 Å². The molecule has 0 amide bonds. The summed E-state index contributed by atoms with van der Waals surface area (Å²) in [6.45, 7) is 2.26. The van der Waals surface area contributed by atoms with Gasteiger partial charge in [0.15, 0.2) is 0 Å². The van der Waals surface area contributed by atoms with Crippen molar-refractivity contribution in [1.29, 1.82) is 0 Å². The van der Waals surface area contributed by atoms with Crippen LogP contribution in [0.25, 0.3) is 0 Å². The molecule has 6 heteroatoms. The van der Waals surface area contributed by atoms with Gasteiger partial charge in [0.05, 0.1) is 11.5 Å². The molecule has 2 rings (SSSR count). The number of nitrogens with zero attached hydrogens (tertiary/aromatic N) is 1. The fourth-order valence-corrected chi connectivity index (χ4v) is 2.39. The lowest BCUT2D eigenvalue weighted by Crippen LogP contribution is -2.24. The first-order valence-corrected chi connectivity index (χ1v) is 6.71. The van der Waals surface area contributed by atoms with Crippen LogP contribution < -0.4 is 5.32 Å². The third-order valence-electron chi connectivity index (χ3n) is 2.99. The number of halogens is 1. The molecule has 1 heterocycles. The Morgan fingerprint density at radius 1 is 1.56 bits per heavy atom. The lowest BCUT2D eigenvalue weighted by atomic mass is 10.0. The van der Waals surface area contributed by atoms with Crippen molar-refractivity contribution < 1.29 is 9.66 Å². The molecule has 1 atom stereocenters. The molecule has 1 fully saturated rings. The molecule has 0 aromatic heterocycles. The second kappa shape index (κ2) is 6.15. The fourth-order valence-electron chi connectivity index (χ4n) is 2.03. The van der Waals surface area contributed by atoms with Crippen LogP contribution in [0.1, 0.15) is 12.8 Å². The van der Waals surface area contributed by atoms with E-state index in [-0.39, 0.29) is 10.6 Å². The van der Waals surface area contributed by atoms with Gasteiger partial charge in [0.1, 0.15) is 5.69 Å². The second-order valence-corrected chi connectivity index (χ2v) is 5.30. The Balaban J connectivity index is 2.03. The Bertz CT molecular complexity index is 433. The van der Waals surface area contributed by atoms with Crippen molar-refractivity contribution in [3.05, 3.63) is 32.8 Å². The van der Waals surface area contributed by atoms with E-state index in [0.29, 0.717) is 18.2 Å². The Morgan fingerprint density at radius 2 is 2.39 bits per heavy atom. The summed E-state index contributed by atoms with van der Waals surface area (Å²) in [6, 6.07) is 4.92. The Labute approximate surface area is 114 Å². The summed E-state index contributed by atoms with van der Waals surface area (Å²) in [4.78, 5) is 10.5. The quantitative estimate of drug-likeness (QED) is 0.684. The standard InChI is InChI=1S/C12H15BrN2O3/c13-10-3-4-12(15(16)17)11(6-10)14-7-9-2-1-5-18-8-9/h3-4,6,9,14H,1-2,5,7-8H2. The SMILES string of the molecule is O=[N+]([O-])c1ccc(Br)cc1NCC1CCCOC1. The van der Waals surface area contributed by atoms with Crippen LogP contribution in [0, 0.1) is 16.0 Å². The van der Waals surface area contributed by atoms with Gasteiger partial charge < -0.3 is 10.1 Å². The maximum atomic E-state index is 10.9. The Hall–Kier alpha value is -1.14.